The Morgan fingerprint density at radius 1 is 0.711 bits per heavy atom. The zero-order valence-corrected chi connectivity index (χ0v) is 22.3. The lowest BCUT2D eigenvalue weighted by atomic mass is 9.90. The highest BCUT2D eigenvalue weighted by Gasteiger charge is 2.50. The van der Waals surface area contributed by atoms with Gasteiger partial charge >= 0.3 is 0 Å². The minimum absolute atomic E-state index is 0.125. The molecule has 2 aliphatic heterocycles. The second kappa shape index (κ2) is 13.2. The molecule has 3 aromatic carbocycles. The summed E-state index contributed by atoms with van der Waals surface area (Å²) in [5, 5.41) is 0. The molecule has 0 spiro atoms. The van der Waals surface area contributed by atoms with Crippen molar-refractivity contribution in [3.05, 3.63) is 120 Å². The van der Waals surface area contributed by atoms with E-state index >= 15 is 0 Å². The quantitative estimate of drug-likeness (QED) is 0.293. The van der Waals surface area contributed by atoms with Crippen molar-refractivity contribution in [3.63, 3.8) is 0 Å². The largest absolute Gasteiger partial charge is 0.489 e. The van der Waals surface area contributed by atoms with E-state index in [0.717, 1.165) is 28.9 Å². The third-order valence-corrected chi connectivity index (χ3v) is 7.09. The predicted octanol–water partition coefficient (Wildman–Crippen LogP) is 6.47. The van der Waals surface area contributed by atoms with Crippen molar-refractivity contribution in [2.24, 2.45) is 5.92 Å². The first kappa shape index (κ1) is 26.6. The van der Waals surface area contributed by atoms with Gasteiger partial charge < -0.3 is 23.7 Å². The third kappa shape index (κ3) is 6.91. The van der Waals surface area contributed by atoms with Crippen molar-refractivity contribution in [1.82, 2.24) is 0 Å². The number of hydrogen-bond donors (Lipinski definition) is 0. The molecule has 1 fully saturated rings. The highest BCUT2D eigenvalue weighted by Crippen LogP contribution is 2.36. The van der Waals surface area contributed by atoms with E-state index in [9.17, 15) is 0 Å². The average Bonchev–Trinajstić information content (AvgIpc) is 2.96. The van der Waals surface area contributed by atoms with Gasteiger partial charge in [0.1, 0.15) is 24.4 Å². The topological polar surface area (TPSA) is 46.2 Å². The molecule has 0 bridgehead atoms. The summed E-state index contributed by atoms with van der Waals surface area (Å²) < 4.78 is 32.6. The molecular weight excluding hydrogens is 476 g/mol. The van der Waals surface area contributed by atoms with Gasteiger partial charge in [0.05, 0.1) is 32.2 Å². The number of allylic oxidation sites excluding steroid dienone is 1. The Hall–Kier alpha value is -2.96. The van der Waals surface area contributed by atoms with Crippen LogP contribution < -0.4 is 0 Å². The Morgan fingerprint density at radius 3 is 1.79 bits per heavy atom. The molecule has 0 N–H and O–H groups in total. The van der Waals surface area contributed by atoms with Gasteiger partial charge in [-0.25, -0.2) is 0 Å². The third-order valence-electron chi connectivity index (χ3n) is 7.09. The molecule has 2 heterocycles. The predicted molar refractivity (Wildman–Crippen MR) is 147 cm³/mol. The lowest BCUT2D eigenvalue weighted by Gasteiger charge is -2.48. The lowest BCUT2D eigenvalue weighted by Crippen LogP contribution is -2.61. The van der Waals surface area contributed by atoms with Crippen molar-refractivity contribution in [2.75, 3.05) is 6.61 Å². The first-order chi connectivity index (χ1) is 18.7. The number of benzene rings is 3. The molecule has 0 aliphatic carbocycles. The average molecular weight is 515 g/mol. The summed E-state index contributed by atoms with van der Waals surface area (Å²) in [6.07, 6.45) is 1.60. The Balaban J connectivity index is 1.38. The van der Waals surface area contributed by atoms with Gasteiger partial charge in [-0.1, -0.05) is 105 Å². The van der Waals surface area contributed by atoms with Gasteiger partial charge in [0.25, 0.3) is 0 Å². The van der Waals surface area contributed by atoms with Crippen LogP contribution in [0.2, 0.25) is 0 Å². The fraction of sp³-hybridized carbons (Fsp3) is 0.394. The zero-order valence-electron chi connectivity index (χ0n) is 22.3. The number of hydrogen-bond acceptors (Lipinski definition) is 5. The van der Waals surface area contributed by atoms with Gasteiger partial charge in [-0.15, -0.1) is 0 Å². The molecule has 38 heavy (non-hydrogen) atoms. The van der Waals surface area contributed by atoms with Crippen molar-refractivity contribution in [1.29, 1.82) is 0 Å². The number of rotatable bonds is 11. The van der Waals surface area contributed by atoms with Crippen molar-refractivity contribution >= 4 is 0 Å². The van der Waals surface area contributed by atoms with Crippen LogP contribution in [0.15, 0.2) is 103 Å². The normalized spacial score (nSPS) is 24.9. The molecule has 0 unspecified atom stereocenters. The molecule has 5 nitrogen and oxygen atoms in total. The number of ether oxygens (including phenoxy) is 5. The molecule has 0 radical (unpaired) electrons. The Morgan fingerprint density at radius 2 is 1.24 bits per heavy atom. The monoisotopic (exact) mass is 514 g/mol. The summed E-state index contributed by atoms with van der Waals surface area (Å²) >= 11 is 0. The molecule has 1 saturated heterocycles. The van der Waals surface area contributed by atoms with E-state index in [1.165, 1.54) is 0 Å². The van der Waals surface area contributed by atoms with Gasteiger partial charge in [0, 0.05) is 5.92 Å². The lowest BCUT2D eigenvalue weighted by molar-refractivity contribution is -0.268. The smallest absolute Gasteiger partial charge is 0.153 e. The van der Waals surface area contributed by atoms with Gasteiger partial charge in [-0.3, -0.25) is 0 Å². The molecule has 5 atom stereocenters. The Bertz CT molecular complexity index is 1130. The van der Waals surface area contributed by atoms with Crippen LogP contribution in [0.5, 0.6) is 0 Å². The van der Waals surface area contributed by atoms with Crippen LogP contribution >= 0.6 is 0 Å². The fourth-order valence-corrected chi connectivity index (χ4v) is 5.06. The van der Waals surface area contributed by atoms with Gasteiger partial charge in [-0.05, 0) is 29.2 Å². The molecule has 2 aliphatic rings. The van der Waals surface area contributed by atoms with Gasteiger partial charge in [-0.2, -0.15) is 0 Å². The van der Waals surface area contributed by atoms with Crippen LogP contribution in [0, 0.1) is 5.92 Å². The van der Waals surface area contributed by atoms with E-state index in [1.54, 1.807) is 0 Å². The van der Waals surface area contributed by atoms with E-state index in [2.05, 4.69) is 56.3 Å². The first-order valence-corrected chi connectivity index (χ1v) is 13.6. The standard InChI is InChI=1S/C33H38O5/c1-24(2)28-18-19-29-32(38-28)33(36-22-27-16-10-5-11-17-27)31(35-21-26-14-8-4-9-15-26)30(37-29)23-34-20-25-12-6-3-7-13-25/h3-18,24,29-33H,19-23H2,1-2H3/t29-,30+,31+,32-,33-/m0/s1. The minimum atomic E-state index is -0.359. The second-order valence-corrected chi connectivity index (χ2v) is 10.3. The van der Waals surface area contributed by atoms with Gasteiger partial charge in [0.15, 0.2) is 6.10 Å². The zero-order chi connectivity index (χ0) is 26.2. The minimum Gasteiger partial charge on any atom is -0.489 e. The van der Waals surface area contributed by atoms with Crippen LogP contribution in [0.25, 0.3) is 0 Å². The molecule has 5 heteroatoms. The highest BCUT2D eigenvalue weighted by molar-refractivity contribution is 5.16. The van der Waals surface area contributed by atoms with E-state index < -0.39 is 0 Å². The van der Waals surface area contributed by atoms with Crippen molar-refractivity contribution in [3.8, 4) is 0 Å². The maximum absolute atomic E-state index is 6.65. The maximum Gasteiger partial charge on any atom is 0.153 e. The van der Waals surface area contributed by atoms with E-state index in [1.807, 2.05) is 54.6 Å². The molecule has 0 saturated carbocycles. The molecule has 5 rings (SSSR count). The SMILES string of the molecule is CC(C)C1=CC[C@@H]2O[C@H](COCc3ccccc3)[C@@H](OCc3ccccc3)[C@H](OCc3ccccc3)[C@H]2O1. The van der Waals surface area contributed by atoms with E-state index in [-0.39, 0.29) is 30.5 Å². The summed E-state index contributed by atoms with van der Waals surface area (Å²) in [6.45, 7) is 6.16. The molecule has 0 aromatic heterocycles. The molecular formula is C33H38O5. The maximum atomic E-state index is 6.65. The molecule has 200 valence electrons. The van der Waals surface area contributed by atoms with Crippen LogP contribution in [0.1, 0.15) is 37.0 Å². The van der Waals surface area contributed by atoms with Crippen molar-refractivity contribution < 1.29 is 23.7 Å². The Kier molecular flexibility index (Phi) is 9.26. The summed E-state index contributed by atoms with van der Waals surface area (Å²) in [4.78, 5) is 0. The summed E-state index contributed by atoms with van der Waals surface area (Å²) in [5.41, 5.74) is 3.35. The summed E-state index contributed by atoms with van der Waals surface area (Å²) in [5.74, 6) is 1.28. The highest BCUT2D eigenvalue weighted by atomic mass is 16.6. The van der Waals surface area contributed by atoms with E-state index in [4.69, 9.17) is 23.7 Å². The first-order valence-electron chi connectivity index (χ1n) is 13.6. The molecule has 0 amide bonds. The fourth-order valence-electron chi connectivity index (χ4n) is 5.06. The summed E-state index contributed by atoms with van der Waals surface area (Å²) in [7, 11) is 0. The van der Waals surface area contributed by atoms with Crippen LogP contribution in [0.3, 0.4) is 0 Å². The van der Waals surface area contributed by atoms with E-state index in [0.29, 0.717) is 32.3 Å². The van der Waals surface area contributed by atoms with Crippen LogP contribution in [-0.2, 0) is 43.5 Å². The van der Waals surface area contributed by atoms with Gasteiger partial charge in [0.2, 0.25) is 0 Å². The Labute approximate surface area is 226 Å². The summed E-state index contributed by atoms with van der Waals surface area (Å²) in [6, 6.07) is 30.7. The molecule has 3 aromatic rings. The van der Waals surface area contributed by atoms with Crippen LogP contribution in [-0.4, -0.2) is 37.1 Å². The van der Waals surface area contributed by atoms with Crippen molar-refractivity contribution in [2.45, 2.75) is 70.6 Å². The second-order valence-electron chi connectivity index (χ2n) is 10.3. The number of fused-ring (bicyclic) bond motifs is 1. The van der Waals surface area contributed by atoms with Crippen LogP contribution in [0.4, 0.5) is 0 Å².